The quantitative estimate of drug-likeness (QED) is 0.651. The molecule has 0 radical (unpaired) electrons. The van der Waals surface area contributed by atoms with E-state index in [-0.39, 0.29) is 18.0 Å². The van der Waals surface area contributed by atoms with E-state index < -0.39 is 11.8 Å². The summed E-state index contributed by atoms with van der Waals surface area (Å²) in [5.41, 5.74) is 1.07. The summed E-state index contributed by atoms with van der Waals surface area (Å²) in [6, 6.07) is 7.98. The molecular formula is C15H15N3O4. The van der Waals surface area contributed by atoms with Gasteiger partial charge in [0.25, 0.3) is 0 Å². The van der Waals surface area contributed by atoms with E-state index in [1.165, 1.54) is 6.92 Å². The van der Waals surface area contributed by atoms with Crippen LogP contribution in [-0.4, -0.2) is 22.8 Å². The number of ketones is 1. The molecule has 0 aliphatic rings. The molecule has 0 atom stereocenters. The normalized spacial score (nSPS) is 10.1. The summed E-state index contributed by atoms with van der Waals surface area (Å²) in [7, 11) is 0. The van der Waals surface area contributed by atoms with Crippen LogP contribution in [0.25, 0.3) is 0 Å². The van der Waals surface area contributed by atoms with Crippen molar-refractivity contribution >= 4 is 29.1 Å². The third kappa shape index (κ3) is 4.27. The largest absolute Gasteiger partial charge is 0.360 e. The molecule has 22 heavy (non-hydrogen) atoms. The lowest BCUT2D eigenvalue weighted by Gasteiger charge is -2.05. The lowest BCUT2D eigenvalue weighted by Crippen LogP contribution is -2.21. The van der Waals surface area contributed by atoms with Gasteiger partial charge in [0.2, 0.25) is 11.8 Å². The Bertz CT molecular complexity index is 704. The second-order valence-electron chi connectivity index (χ2n) is 4.73. The van der Waals surface area contributed by atoms with E-state index >= 15 is 0 Å². The van der Waals surface area contributed by atoms with Crippen LogP contribution in [0.15, 0.2) is 34.9 Å². The fourth-order valence-electron chi connectivity index (χ4n) is 1.75. The molecule has 1 aromatic carbocycles. The summed E-state index contributed by atoms with van der Waals surface area (Å²) in [4.78, 5) is 34.6. The molecule has 0 saturated heterocycles. The van der Waals surface area contributed by atoms with Gasteiger partial charge in [0.1, 0.15) is 12.2 Å². The zero-order valence-electron chi connectivity index (χ0n) is 12.2. The predicted octanol–water partition coefficient (Wildman–Crippen LogP) is 2.15. The summed E-state index contributed by atoms with van der Waals surface area (Å²) in [6.07, 6.45) is -0.347. The maximum absolute atomic E-state index is 11.8. The molecule has 0 aliphatic carbocycles. The van der Waals surface area contributed by atoms with Gasteiger partial charge in [-0.15, -0.1) is 0 Å². The van der Waals surface area contributed by atoms with Crippen molar-refractivity contribution in [2.45, 2.75) is 20.3 Å². The van der Waals surface area contributed by atoms with Crippen LogP contribution >= 0.6 is 0 Å². The van der Waals surface area contributed by atoms with Gasteiger partial charge in [-0.2, -0.15) is 0 Å². The number of hydrogen-bond acceptors (Lipinski definition) is 5. The number of nitrogens with one attached hydrogen (secondary N) is 2. The molecule has 1 aromatic heterocycles. The van der Waals surface area contributed by atoms with Crippen molar-refractivity contribution in [3.05, 3.63) is 41.7 Å². The Morgan fingerprint density at radius 3 is 2.27 bits per heavy atom. The third-order valence-electron chi connectivity index (χ3n) is 2.79. The Morgan fingerprint density at radius 2 is 1.73 bits per heavy atom. The number of aromatic nitrogens is 1. The number of benzene rings is 1. The third-order valence-corrected chi connectivity index (χ3v) is 2.79. The second kappa shape index (κ2) is 6.66. The van der Waals surface area contributed by atoms with Gasteiger partial charge in [0.05, 0.1) is 0 Å². The Morgan fingerprint density at radius 1 is 1.09 bits per heavy atom. The summed E-state index contributed by atoms with van der Waals surface area (Å²) >= 11 is 0. The number of anilines is 2. The van der Waals surface area contributed by atoms with E-state index in [9.17, 15) is 14.4 Å². The van der Waals surface area contributed by atoms with Crippen molar-refractivity contribution in [2.24, 2.45) is 0 Å². The standard InChI is InChI=1S/C15H15N3O4/c1-9-7-13(18-22-9)17-15(21)8-14(20)16-12-5-3-11(4-6-12)10(2)19/h3-7H,8H2,1-2H3,(H,16,20)(H,17,18,21). The van der Waals surface area contributed by atoms with Gasteiger partial charge in [0.15, 0.2) is 11.6 Å². The van der Waals surface area contributed by atoms with Crippen LogP contribution in [-0.2, 0) is 9.59 Å². The van der Waals surface area contributed by atoms with Crippen LogP contribution in [0.4, 0.5) is 11.5 Å². The van der Waals surface area contributed by atoms with E-state index in [0.717, 1.165) is 0 Å². The lowest BCUT2D eigenvalue weighted by atomic mass is 10.1. The topological polar surface area (TPSA) is 101 Å². The summed E-state index contributed by atoms with van der Waals surface area (Å²) < 4.78 is 4.80. The summed E-state index contributed by atoms with van der Waals surface area (Å²) in [5, 5.41) is 8.63. The molecule has 0 saturated carbocycles. The van der Waals surface area contributed by atoms with Crippen molar-refractivity contribution in [1.82, 2.24) is 5.16 Å². The van der Waals surface area contributed by atoms with E-state index in [1.807, 2.05) is 0 Å². The first-order valence-corrected chi connectivity index (χ1v) is 6.58. The van der Waals surface area contributed by atoms with Crippen LogP contribution in [0.3, 0.4) is 0 Å². The van der Waals surface area contributed by atoms with Gasteiger partial charge in [-0.1, -0.05) is 5.16 Å². The fraction of sp³-hybridized carbons (Fsp3) is 0.200. The average Bonchev–Trinajstić information content (AvgIpc) is 2.84. The van der Waals surface area contributed by atoms with Crippen LogP contribution < -0.4 is 10.6 Å². The van der Waals surface area contributed by atoms with Gasteiger partial charge < -0.3 is 15.2 Å². The maximum atomic E-state index is 11.8. The van der Waals surface area contributed by atoms with Crippen molar-refractivity contribution in [3.8, 4) is 0 Å². The Labute approximate surface area is 126 Å². The number of hydrogen-bond donors (Lipinski definition) is 2. The minimum Gasteiger partial charge on any atom is -0.360 e. The minimum absolute atomic E-state index is 0.0554. The number of amides is 2. The summed E-state index contributed by atoms with van der Waals surface area (Å²) in [5.74, 6) is -0.189. The highest BCUT2D eigenvalue weighted by molar-refractivity contribution is 6.07. The zero-order valence-corrected chi connectivity index (χ0v) is 12.2. The van der Waals surface area contributed by atoms with Crippen LogP contribution in [0.2, 0.25) is 0 Å². The highest BCUT2D eigenvalue weighted by atomic mass is 16.5. The number of nitrogens with zero attached hydrogens (tertiary/aromatic N) is 1. The van der Waals surface area contributed by atoms with Crippen LogP contribution in [0, 0.1) is 6.92 Å². The second-order valence-corrected chi connectivity index (χ2v) is 4.73. The van der Waals surface area contributed by atoms with Crippen LogP contribution in [0.5, 0.6) is 0 Å². The molecule has 2 rings (SSSR count). The van der Waals surface area contributed by atoms with Crippen LogP contribution in [0.1, 0.15) is 29.5 Å². The van der Waals surface area contributed by atoms with Crippen molar-refractivity contribution in [1.29, 1.82) is 0 Å². The number of carbonyl (C=O) groups excluding carboxylic acids is 3. The first-order chi connectivity index (χ1) is 10.4. The molecule has 7 nitrogen and oxygen atoms in total. The Kier molecular flexibility index (Phi) is 4.67. The number of rotatable bonds is 5. The highest BCUT2D eigenvalue weighted by Gasteiger charge is 2.12. The molecule has 7 heteroatoms. The summed E-state index contributed by atoms with van der Waals surface area (Å²) in [6.45, 7) is 3.16. The van der Waals surface area contributed by atoms with Gasteiger partial charge in [-0.05, 0) is 38.1 Å². The van der Waals surface area contributed by atoms with Crippen molar-refractivity contribution in [3.63, 3.8) is 0 Å². The highest BCUT2D eigenvalue weighted by Crippen LogP contribution is 2.11. The smallest absolute Gasteiger partial charge is 0.235 e. The molecule has 2 amide bonds. The molecule has 2 N–H and O–H groups in total. The lowest BCUT2D eigenvalue weighted by molar-refractivity contribution is -0.123. The Hall–Kier alpha value is -2.96. The number of carbonyl (C=O) groups is 3. The fourth-order valence-corrected chi connectivity index (χ4v) is 1.75. The number of Topliss-reactive ketones (excluding diaryl/α,β-unsaturated/α-hetero) is 1. The first kappa shape index (κ1) is 15.4. The van der Waals surface area contributed by atoms with Gasteiger partial charge in [0, 0.05) is 17.3 Å². The molecular weight excluding hydrogens is 286 g/mol. The van der Waals surface area contributed by atoms with Crippen molar-refractivity contribution < 1.29 is 18.9 Å². The minimum atomic E-state index is -0.494. The predicted molar refractivity (Wildman–Crippen MR) is 79.6 cm³/mol. The van der Waals surface area contributed by atoms with Gasteiger partial charge >= 0.3 is 0 Å². The van der Waals surface area contributed by atoms with E-state index in [4.69, 9.17) is 4.52 Å². The van der Waals surface area contributed by atoms with E-state index in [0.29, 0.717) is 17.0 Å². The maximum Gasteiger partial charge on any atom is 0.235 e. The Balaban J connectivity index is 1.86. The molecule has 0 bridgehead atoms. The molecule has 1 heterocycles. The van der Waals surface area contributed by atoms with E-state index in [2.05, 4.69) is 15.8 Å². The van der Waals surface area contributed by atoms with E-state index in [1.54, 1.807) is 37.3 Å². The monoisotopic (exact) mass is 301 g/mol. The SMILES string of the molecule is CC(=O)c1ccc(NC(=O)CC(=O)Nc2cc(C)on2)cc1. The van der Waals surface area contributed by atoms with Gasteiger partial charge in [-0.3, -0.25) is 14.4 Å². The average molecular weight is 301 g/mol. The zero-order chi connectivity index (χ0) is 16.1. The van der Waals surface area contributed by atoms with Crippen molar-refractivity contribution in [2.75, 3.05) is 10.6 Å². The molecule has 114 valence electrons. The molecule has 0 aliphatic heterocycles. The number of aryl methyl sites for hydroxylation is 1. The molecule has 0 fully saturated rings. The molecule has 2 aromatic rings. The molecule has 0 unspecified atom stereocenters. The first-order valence-electron chi connectivity index (χ1n) is 6.58. The van der Waals surface area contributed by atoms with Gasteiger partial charge in [-0.25, -0.2) is 0 Å². The molecule has 0 spiro atoms.